The Labute approximate surface area is 118 Å². The van der Waals surface area contributed by atoms with Gasteiger partial charge < -0.3 is 11.1 Å². The molecule has 0 unspecified atom stereocenters. The van der Waals surface area contributed by atoms with Crippen molar-refractivity contribution in [3.8, 4) is 6.07 Å². The van der Waals surface area contributed by atoms with Gasteiger partial charge in [0.05, 0.1) is 10.4 Å². The fraction of sp³-hybridized carbons (Fsp3) is 0.538. The maximum absolute atomic E-state index is 12.1. The zero-order valence-corrected chi connectivity index (χ0v) is 12.2. The summed E-state index contributed by atoms with van der Waals surface area (Å²) in [5.74, 6) is 0.150. The lowest BCUT2D eigenvalue weighted by molar-refractivity contribution is 0.528. The van der Waals surface area contributed by atoms with Crippen LogP contribution in [-0.4, -0.2) is 30.9 Å². The van der Waals surface area contributed by atoms with Gasteiger partial charge in [0, 0.05) is 19.0 Å². The fourth-order valence-corrected chi connectivity index (χ4v) is 4.06. The van der Waals surface area contributed by atoms with Crippen LogP contribution in [0, 0.1) is 11.3 Å². The number of anilines is 2. The van der Waals surface area contributed by atoms with Gasteiger partial charge in [0.15, 0.2) is 9.84 Å². The normalized spacial score (nSPS) is 17.6. The van der Waals surface area contributed by atoms with Crippen molar-refractivity contribution in [3.05, 3.63) is 17.8 Å². The largest absolute Gasteiger partial charge is 0.383 e. The minimum Gasteiger partial charge on any atom is -0.383 e. The lowest BCUT2D eigenvalue weighted by Gasteiger charge is -2.27. The van der Waals surface area contributed by atoms with Gasteiger partial charge in [-0.2, -0.15) is 5.26 Å². The van der Waals surface area contributed by atoms with Crippen LogP contribution in [0.4, 0.5) is 11.5 Å². The molecule has 0 atom stereocenters. The van der Waals surface area contributed by atoms with Gasteiger partial charge in [0.25, 0.3) is 0 Å². The van der Waals surface area contributed by atoms with E-state index in [2.05, 4.69) is 10.3 Å². The van der Waals surface area contributed by atoms with Crippen LogP contribution in [-0.2, 0) is 9.84 Å². The summed E-state index contributed by atoms with van der Waals surface area (Å²) in [5, 5.41) is 12.2. The van der Waals surface area contributed by atoms with Crippen LogP contribution in [0.2, 0.25) is 0 Å². The summed E-state index contributed by atoms with van der Waals surface area (Å²) in [6.45, 7) is 0.296. The highest BCUT2D eigenvalue weighted by molar-refractivity contribution is 7.92. The second kappa shape index (κ2) is 5.29. The summed E-state index contributed by atoms with van der Waals surface area (Å²) in [7, 11) is -3.16. The van der Waals surface area contributed by atoms with Crippen molar-refractivity contribution in [3.63, 3.8) is 0 Å². The average Bonchev–Trinajstić information content (AvgIpc) is 2.86. The lowest BCUT2D eigenvalue weighted by Crippen LogP contribution is -2.41. The second-order valence-electron chi connectivity index (χ2n) is 5.25. The molecule has 2 rings (SSSR count). The first-order chi connectivity index (χ1) is 9.39. The molecule has 1 fully saturated rings. The minimum atomic E-state index is -3.16. The van der Waals surface area contributed by atoms with Crippen molar-refractivity contribution >= 4 is 21.3 Å². The van der Waals surface area contributed by atoms with Crippen LogP contribution in [0.3, 0.4) is 0 Å². The molecule has 1 aliphatic carbocycles. The van der Waals surface area contributed by atoms with Crippen LogP contribution in [0.25, 0.3) is 0 Å². The van der Waals surface area contributed by atoms with E-state index in [-0.39, 0.29) is 11.4 Å². The average molecular weight is 294 g/mol. The maximum atomic E-state index is 12.1. The van der Waals surface area contributed by atoms with Crippen molar-refractivity contribution in [1.82, 2.24) is 4.98 Å². The number of hydrogen-bond donors (Lipinski definition) is 2. The van der Waals surface area contributed by atoms with Crippen LogP contribution in [0.15, 0.2) is 12.3 Å². The number of hydrogen-bond acceptors (Lipinski definition) is 6. The Kier molecular flexibility index (Phi) is 3.86. The van der Waals surface area contributed by atoms with Gasteiger partial charge in [0.1, 0.15) is 17.5 Å². The number of nitrogens with zero attached hydrogens (tertiary/aromatic N) is 2. The number of pyridine rings is 1. The Bertz CT molecular complexity index is 643. The van der Waals surface area contributed by atoms with Crippen molar-refractivity contribution in [2.75, 3.05) is 23.9 Å². The van der Waals surface area contributed by atoms with Crippen LogP contribution in [0.5, 0.6) is 0 Å². The molecule has 108 valence electrons. The quantitative estimate of drug-likeness (QED) is 0.866. The first-order valence-corrected chi connectivity index (χ1v) is 8.37. The molecule has 1 heterocycles. The Balaban J connectivity index is 2.24. The van der Waals surface area contributed by atoms with Crippen molar-refractivity contribution in [2.24, 2.45) is 0 Å². The summed E-state index contributed by atoms with van der Waals surface area (Å²) in [5.41, 5.74) is 6.44. The van der Waals surface area contributed by atoms with Crippen LogP contribution >= 0.6 is 0 Å². The van der Waals surface area contributed by atoms with E-state index < -0.39 is 14.6 Å². The first-order valence-electron chi connectivity index (χ1n) is 6.48. The topological polar surface area (TPSA) is 109 Å². The van der Waals surface area contributed by atoms with Gasteiger partial charge in [-0.05, 0) is 18.9 Å². The van der Waals surface area contributed by atoms with Crippen LogP contribution < -0.4 is 11.1 Å². The molecule has 20 heavy (non-hydrogen) atoms. The molecule has 0 aliphatic heterocycles. The predicted molar refractivity (Wildman–Crippen MR) is 77.9 cm³/mol. The van der Waals surface area contributed by atoms with Crippen molar-refractivity contribution in [1.29, 1.82) is 5.26 Å². The van der Waals surface area contributed by atoms with Crippen molar-refractivity contribution in [2.45, 2.75) is 30.4 Å². The summed E-state index contributed by atoms with van der Waals surface area (Å²) in [6.07, 6.45) is 5.92. The highest BCUT2D eigenvalue weighted by atomic mass is 32.2. The summed E-state index contributed by atoms with van der Waals surface area (Å²) >= 11 is 0. The molecular formula is C13H18N4O2S. The predicted octanol–water partition coefficient (Wildman–Crippen LogP) is 1.30. The van der Waals surface area contributed by atoms with E-state index in [1.807, 2.05) is 6.07 Å². The highest BCUT2D eigenvalue weighted by Crippen LogP contribution is 2.37. The van der Waals surface area contributed by atoms with Gasteiger partial charge in [-0.25, -0.2) is 13.4 Å². The lowest BCUT2D eigenvalue weighted by atomic mass is 10.1. The summed E-state index contributed by atoms with van der Waals surface area (Å²) < 4.78 is 23.4. The monoisotopic (exact) mass is 294 g/mol. The van der Waals surface area contributed by atoms with Crippen LogP contribution in [0.1, 0.15) is 31.2 Å². The van der Waals surface area contributed by atoms with E-state index in [4.69, 9.17) is 11.0 Å². The molecular weight excluding hydrogens is 276 g/mol. The van der Waals surface area contributed by atoms with Gasteiger partial charge in [-0.3, -0.25) is 0 Å². The molecule has 0 spiro atoms. The first kappa shape index (κ1) is 14.6. The molecule has 0 radical (unpaired) electrons. The molecule has 6 nitrogen and oxygen atoms in total. The van der Waals surface area contributed by atoms with E-state index in [9.17, 15) is 8.42 Å². The Morgan fingerprint density at radius 2 is 2.15 bits per heavy atom. The smallest absolute Gasteiger partial charge is 0.154 e. The number of nitrogen functional groups attached to an aromatic ring is 1. The number of nitrogens with two attached hydrogens (primary N) is 1. The minimum absolute atomic E-state index is 0.150. The van der Waals surface area contributed by atoms with Gasteiger partial charge in [-0.15, -0.1) is 0 Å². The third kappa shape index (κ3) is 2.56. The summed E-state index contributed by atoms with van der Waals surface area (Å²) in [6, 6.07) is 3.63. The number of nitriles is 1. The molecule has 1 saturated carbocycles. The third-order valence-electron chi connectivity index (χ3n) is 3.99. The molecule has 1 aromatic heterocycles. The maximum Gasteiger partial charge on any atom is 0.154 e. The molecule has 0 aromatic carbocycles. The molecule has 7 heteroatoms. The van der Waals surface area contributed by atoms with Crippen molar-refractivity contribution < 1.29 is 8.42 Å². The number of sulfone groups is 1. The second-order valence-corrected chi connectivity index (χ2v) is 7.66. The zero-order chi connectivity index (χ0) is 14.8. The van der Waals surface area contributed by atoms with Gasteiger partial charge in [0.2, 0.25) is 0 Å². The zero-order valence-electron chi connectivity index (χ0n) is 11.4. The Morgan fingerprint density at radius 3 is 2.70 bits per heavy atom. The molecule has 0 amide bonds. The third-order valence-corrected chi connectivity index (χ3v) is 6.12. The molecule has 0 bridgehead atoms. The van der Waals surface area contributed by atoms with Gasteiger partial charge in [-0.1, -0.05) is 12.8 Å². The standard InChI is InChI=1S/C13H18N4O2S/c1-20(18,19)13(5-2-3-6-13)9-17-11-4-7-16-12(15)10(11)8-14/h4,7H,2-3,5-6,9H2,1H3,(H3,15,16,17). The number of rotatable bonds is 4. The SMILES string of the molecule is CS(=O)(=O)C1(CNc2ccnc(N)c2C#N)CCCC1. The van der Waals surface area contributed by atoms with E-state index in [0.717, 1.165) is 12.8 Å². The number of aromatic nitrogens is 1. The molecule has 3 N–H and O–H groups in total. The number of nitrogens with one attached hydrogen (secondary N) is 1. The van der Waals surface area contributed by atoms with E-state index in [1.165, 1.54) is 12.5 Å². The summed E-state index contributed by atoms with van der Waals surface area (Å²) in [4.78, 5) is 3.85. The Hall–Kier alpha value is -1.81. The van der Waals surface area contributed by atoms with E-state index >= 15 is 0 Å². The molecule has 0 saturated heterocycles. The Morgan fingerprint density at radius 1 is 1.50 bits per heavy atom. The highest BCUT2D eigenvalue weighted by Gasteiger charge is 2.43. The molecule has 1 aromatic rings. The molecule has 1 aliphatic rings. The van der Waals surface area contributed by atoms with E-state index in [0.29, 0.717) is 25.1 Å². The van der Waals surface area contributed by atoms with Gasteiger partial charge >= 0.3 is 0 Å². The van der Waals surface area contributed by atoms with E-state index in [1.54, 1.807) is 6.07 Å². The fourth-order valence-electron chi connectivity index (χ4n) is 2.70.